The summed E-state index contributed by atoms with van der Waals surface area (Å²) in [5.74, 6) is 0.885. The molecule has 3 fully saturated rings. The number of nitrogens with one attached hydrogen (secondary N) is 1. The van der Waals surface area contributed by atoms with Crippen LogP contribution < -0.4 is 5.32 Å². The molecule has 3 rings (SSSR count). The summed E-state index contributed by atoms with van der Waals surface area (Å²) in [5.41, 5.74) is 0. The Hall–Kier alpha value is -0.120. The molecule has 3 nitrogen and oxygen atoms in total. The van der Waals surface area contributed by atoms with Gasteiger partial charge >= 0.3 is 0 Å². The van der Waals surface area contributed by atoms with Crippen LogP contribution in [0.4, 0.5) is 0 Å². The first-order chi connectivity index (χ1) is 9.29. The number of likely N-dealkylation sites (tertiary alicyclic amines) is 1. The van der Waals surface area contributed by atoms with Crippen molar-refractivity contribution in [1.29, 1.82) is 0 Å². The van der Waals surface area contributed by atoms with Crippen LogP contribution in [0.25, 0.3) is 0 Å². The van der Waals surface area contributed by atoms with Crippen molar-refractivity contribution in [2.75, 3.05) is 19.7 Å². The first kappa shape index (κ1) is 13.8. The van der Waals surface area contributed by atoms with Crippen molar-refractivity contribution in [3.8, 4) is 0 Å². The van der Waals surface area contributed by atoms with Gasteiger partial charge in [-0.15, -0.1) is 0 Å². The molecule has 1 N–H and O–H groups in total. The highest BCUT2D eigenvalue weighted by Crippen LogP contribution is 2.41. The van der Waals surface area contributed by atoms with Crippen LogP contribution in [0.2, 0.25) is 0 Å². The number of piperidine rings is 1. The molecule has 0 aromatic rings. The molecule has 0 spiro atoms. The van der Waals surface area contributed by atoms with E-state index in [0.29, 0.717) is 6.10 Å². The summed E-state index contributed by atoms with van der Waals surface area (Å²) >= 11 is 0. The lowest BCUT2D eigenvalue weighted by molar-refractivity contribution is 0.0154. The normalized spacial score (nSPS) is 40.7. The second-order valence-electron chi connectivity index (χ2n) is 6.79. The minimum Gasteiger partial charge on any atom is -0.376 e. The van der Waals surface area contributed by atoms with E-state index in [1.807, 2.05) is 0 Å². The number of hydrogen-bond donors (Lipinski definition) is 1. The Balaban J connectivity index is 1.54. The van der Waals surface area contributed by atoms with Gasteiger partial charge in [0.1, 0.15) is 0 Å². The van der Waals surface area contributed by atoms with Crippen LogP contribution in [0.15, 0.2) is 0 Å². The minimum atomic E-state index is 0.558. The van der Waals surface area contributed by atoms with Gasteiger partial charge in [-0.2, -0.15) is 0 Å². The van der Waals surface area contributed by atoms with Crippen LogP contribution >= 0.6 is 0 Å². The maximum absolute atomic E-state index is 6.03. The van der Waals surface area contributed by atoms with E-state index in [0.717, 1.165) is 30.7 Å². The van der Waals surface area contributed by atoms with Gasteiger partial charge in [0.15, 0.2) is 0 Å². The molecule has 0 bridgehead atoms. The zero-order valence-electron chi connectivity index (χ0n) is 12.6. The van der Waals surface area contributed by atoms with Gasteiger partial charge in [0.2, 0.25) is 0 Å². The standard InChI is InChI=1S/C16H30N2O/c1-3-8-17-14-6-9-18(12(2)11-14)15-7-10-19-16(15)13-4-5-13/h12-17H,3-11H2,1-2H3. The Morgan fingerprint density at radius 2 is 2.05 bits per heavy atom. The van der Waals surface area contributed by atoms with Crippen molar-refractivity contribution < 1.29 is 4.74 Å². The highest BCUT2D eigenvalue weighted by atomic mass is 16.5. The molecular weight excluding hydrogens is 236 g/mol. The molecule has 2 heterocycles. The van der Waals surface area contributed by atoms with Crippen molar-refractivity contribution in [2.24, 2.45) is 5.92 Å². The van der Waals surface area contributed by atoms with Crippen molar-refractivity contribution >= 4 is 0 Å². The predicted octanol–water partition coefficient (Wildman–Crippen LogP) is 2.41. The minimum absolute atomic E-state index is 0.558. The molecule has 19 heavy (non-hydrogen) atoms. The Labute approximate surface area is 118 Å². The van der Waals surface area contributed by atoms with E-state index < -0.39 is 0 Å². The van der Waals surface area contributed by atoms with Gasteiger partial charge < -0.3 is 10.1 Å². The first-order valence-corrected chi connectivity index (χ1v) is 8.40. The molecule has 2 aliphatic heterocycles. The zero-order chi connectivity index (χ0) is 13.2. The SMILES string of the molecule is CCCNC1CCN(C2CCOC2C2CC2)C(C)C1. The summed E-state index contributed by atoms with van der Waals surface area (Å²) in [7, 11) is 0. The lowest BCUT2D eigenvalue weighted by Crippen LogP contribution is -2.53. The Kier molecular flexibility index (Phi) is 4.45. The molecule has 0 aromatic heterocycles. The quantitative estimate of drug-likeness (QED) is 0.827. The third-order valence-corrected chi connectivity index (χ3v) is 5.23. The van der Waals surface area contributed by atoms with Gasteiger partial charge in [-0.05, 0) is 57.9 Å². The summed E-state index contributed by atoms with van der Waals surface area (Å²) in [4.78, 5) is 2.76. The van der Waals surface area contributed by atoms with Crippen LogP contribution in [0.1, 0.15) is 52.4 Å². The summed E-state index contributed by atoms with van der Waals surface area (Å²) < 4.78 is 6.03. The molecule has 4 atom stereocenters. The summed E-state index contributed by atoms with van der Waals surface area (Å²) in [6, 6.07) is 2.18. The molecule has 2 saturated heterocycles. The largest absolute Gasteiger partial charge is 0.376 e. The molecular formula is C16H30N2O. The number of nitrogens with zero attached hydrogens (tertiary/aromatic N) is 1. The molecule has 1 saturated carbocycles. The van der Waals surface area contributed by atoms with E-state index in [1.54, 1.807) is 0 Å². The molecule has 1 aliphatic carbocycles. The highest BCUT2D eigenvalue weighted by molar-refractivity contribution is 4.97. The number of rotatable bonds is 5. The van der Waals surface area contributed by atoms with Crippen LogP contribution in [-0.4, -0.2) is 48.8 Å². The van der Waals surface area contributed by atoms with E-state index in [2.05, 4.69) is 24.1 Å². The van der Waals surface area contributed by atoms with Gasteiger partial charge in [0.05, 0.1) is 6.10 Å². The van der Waals surface area contributed by atoms with E-state index in [1.165, 1.54) is 51.6 Å². The summed E-state index contributed by atoms with van der Waals surface area (Å²) in [5, 5.41) is 3.70. The van der Waals surface area contributed by atoms with Gasteiger partial charge in [-0.3, -0.25) is 4.90 Å². The van der Waals surface area contributed by atoms with E-state index >= 15 is 0 Å². The summed E-state index contributed by atoms with van der Waals surface area (Å²) in [6.07, 6.45) is 8.51. The second-order valence-corrected chi connectivity index (χ2v) is 6.79. The van der Waals surface area contributed by atoms with Crippen molar-refractivity contribution in [2.45, 2.75) is 76.6 Å². The van der Waals surface area contributed by atoms with Crippen molar-refractivity contribution in [3.63, 3.8) is 0 Å². The molecule has 0 amide bonds. The van der Waals surface area contributed by atoms with Crippen molar-refractivity contribution in [3.05, 3.63) is 0 Å². The Morgan fingerprint density at radius 3 is 2.74 bits per heavy atom. The zero-order valence-corrected chi connectivity index (χ0v) is 12.6. The second kappa shape index (κ2) is 6.11. The van der Waals surface area contributed by atoms with E-state index in [4.69, 9.17) is 4.74 Å². The lowest BCUT2D eigenvalue weighted by atomic mass is 9.93. The monoisotopic (exact) mass is 266 g/mol. The number of ether oxygens (including phenoxy) is 1. The lowest BCUT2D eigenvalue weighted by Gasteiger charge is -2.43. The van der Waals surface area contributed by atoms with Crippen LogP contribution in [0.3, 0.4) is 0 Å². The van der Waals surface area contributed by atoms with E-state index in [-0.39, 0.29) is 0 Å². The molecule has 0 aromatic carbocycles. The fourth-order valence-corrected chi connectivity index (χ4v) is 4.05. The molecule has 0 radical (unpaired) electrons. The average Bonchev–Trinajstić information content (AvgIpc) is 3.15. The molecule has 3 aliphatic rings. The van der Waals surface area contributed by atoms with Crippen molar-refractivity contribution in [1.82, 2.24) is 10.2 Å². The molecule has 4 unspecified atom stereocenters. The summed E-state index contributed by atoms with van der Waals surface area (Å²) in [6.45, 7) is 8.10. The highest BCUT2D eigenvalue weighted by Gasteiger charge is 2.44. The topological polar surface area (TPSA) is 24.5 Å². The van der Waals surface area contributed by atoms with Gasteiger partial charge in [-0.25, -0.2) is 0 Å². The fourth-order valence-electron chi connectivity index (χ4n) is 4.05. The third-order valence-electron chi connectivity index (χ3n) is 5.23. The third kappa shape index (κ3) is 3.14. The Morgan fingerprint density at radius 1 is 1.21 bits per heavy atom. The maximum Gasteiger partial charge on any atom is 0.0759 e. The van der Waals surface area contributed by atoms with E-state index in [9.17, 15) is 0 Å². The average molecular weight is 266 g/mol. The molecule has 3 heteroatoms. The Bertz CT molecular complexity index is 292. The van der Waals surface area contributed by atoms with Crippen LogP contribution in [-0.2, 0) is 4.74 Å². The number of hydrogen-bond acceptors (Lipinski definition) is 3. The van der Waals surface area contributed by atoms with Gasteiger partial charge in [0, 0.05) is 31.3 Å². The first-order valence-electron chi connectivity index (χ1n) is 8.40. The predicted molar refractivity (Wildman–Crippen MR) is 78.4 cm³/mol. The smallest absolute Gasteiger partial charge is 0.0759 e. The van der Waals surface area contributed by atoms with Gasteiger partial charge in [-0.1, -0.05) is 6.92 Å². The van der Waals surface area contributed by atoms with Crippen LogP contribution in [0, 0.1) is 5.92 Å². The van der Waals surface area contributed by atoms with Gasteiger partial charge in [0.25, 0.3) is 0 Å². The fraction of sp³-hybridized carbons (Fsp3) is 1.00. The maximum atomic E-state index is 6.03. The van der Waals surface area contributed by atoms with Crippen LogP contribution in [0.5, 0.6) is 0 Å². The molecule has 110 valence electrons.